The average molecular weight is 229 g/mol. The summed E-state index contributed by atoms with van der Waals surface area (Å²) < 4.78 is 0. The fraction of sp³-hybridized carbons (Fsp3) is 0.357. The molecule has 3 N–H and O–H groups in total. The van der Waals surface area contributed by atoms with Crippen molar-refractivity contribution in [1.29, 1.82) is 0 Å². The molecule has 0 aliphatic heterocycles. The van der Waals surface area contributed by atoms with E-state index in [1.807, 2.05) is 0 Å². The van der Waals surface area contributed by atoms with E-state index in [9.17, 15) is 0 Å². The van der Waals surface area contributed by atoms with Gasteiger partial charge >= 0.3 is 0 Å². The van der Waals surface area contributed by atoms with Crippen LogP contribution >= 0.6 is 0 Å². The highest BCUT2D eigenvalue weighted by atomic mass is 15.1. The molecular formula is C14H19N3. The summed E-state index contributed by atoms with van der Waals surface area (Å²) in [5.74, 6) is 0. The molecule has 0 saturated carbocycles. The maximum atomic E-state index is 5.93. The van der Waals surface area contributed by atoms with Crippen LogP contribution in [-0.4, -0.2) is 16.2 Å². The number of nitrogens with one attached hydrogen (secondary N) is 1. The van der Waals surface area contributed by atoms with Crippen LogP contribution in [-0.2, 0) is 6.42 Å². The number of benzene rings is 1. The number of rotatable bonds is 4. The molecule has 0 aliphatic carbocycles. The standard InChI is InChI=1S/C14H19N3/c1-3-12(15)8-13-9-14(17-16-13)11-6-4-10(2)5-7-11/h4-7,9,12H,3,8,15H2,1-2H3,(H,16,17). The lowest BCUT2D eigenvalue weighted by atomic mass is 10.1. The van der Waals surface area contributed by atoms with Gasteiger partial charge in [-0.15, -0.1) is 0 Å². The second kappa shape index (κ2) is 5.15. The van der Waals surface area contributed by atoms with Gasteiger partial charge in [0.2, 0.25) is 0 Å². The van der Waals surface area contributed by atoms with E-state index in [1.54, 1.807) is 0 Å². The Labute approximate surface area is 102 Å². The van der Waals surface area contributed by atoms with Crippen LogP contribution in [0.15, 0.2) is 30.3 Å². The van der Waals surface area contributed by atoms with Gasteiger partial charge in [0, 0.05) is 23.7 Å². The fourth-order valence-electron chi connectivity index (χ4n) is 1.77. The number of nitrogens with two attached hydrogens (primary N) is 1. The lowest BCUT2D eigenvalue weighted by Gasteiger charge is -2.04. The van der Waals surface area contributed by atoms with Crippen molar-refractivity contribution >= 4 is 0 Å². The van der Waals surface area contributed by atoms with E-state index in [4.69, 9.17) is 5.73 Å². The number of H-pyrrole nitrogens is 1. The zero-order chi connectivity index (χ0) is 12.3. The molecule has 2 rings (SSSR count). The molecule has 1 aromatic heterocycles. The third-order valence-corrected chi connectivity index (χ3v) is 2.98. The van der Waals surface area contributed by atoms with E-state index in [2.05, 4.69) is 54.4 Å². The van der Waals surface area contributed by atoms with Gasteiger partial charge < -0.3 is 5.73 Å². The number of aryl methyl sites for hydroxylation is 1. The van der Waals surface area contributed by atoms with E-state index >= 15 is 0 Å². The molecular weight excluding hydrogens is 210 g/mol. The van der Waals surface area contributed by atoms with Crippen molar-refractivity contribution in [1.82, 2.24) is 10.2 Å². The predicted octanol–water partition coefficient (Wildman–Crippen LogP) is 2.66. The maximum Gasteiger partial charge on any atom is 0.0923 e. The molecule has 1 heterocycles. The molecule has 0 saturated heterocycles. The molecule has 1 unspecified atom stereocenters. The highest BCUT2D eigenvalue weighted by Crippen LogP contribution is 2.18. The van der Waals surface area contributed by atoms with Gasteiger partial charge in [-0.25, -0.2) is 0 Å². The minimum absolute atomic E-state index is 0.210. The highest BCUT2D eigenvalue weighted by molar-refractivity contribution is 5.59. The topological polar surface area (TPSA) is 54.7 Å². The largest absolute Gasteiger partial charge is 0.327 e. The van der Waals surface area contributed by atoms with Crippen molar-refractivity contribution in [3.05, 3.63) is 41.6 Å². The lowest BCUT2D eigenvalue weighted by Crippen LogP contribution is -2.21. The van der Waals surface area contributed by atoms with Crippen molar-refractivity contribution in [2.45, 2.75) is 32.7 Å². The van der Waals surface area contributed by atoms with Gasteiger partial charge in [0.25, 0.3) is 0 Å². The first-order valence-electron chi connectivity index (χ1n) is 6.06. The first kappa shape index (κ1) is 11.9. The summed E-state index contributed by atoms with van der Waals surface area (Å²) in [6.07, 6.45) is 1.84. The van der Waals surface area contributed by atoms with Crippen molar-refractivity contribution in [3.63, 3.8) is 0 Å². The van der Waals surface area contributed by atoms with Crippen molar-refractivity contribution < 1.29 is 0 Å². The quantitative estimate of drug-likeness (QED) is 0.846. The van der Waals surface area contributed by atoms with Crippen LogP contribution in [0.3, 0.4) is 0 Å². The molecule has 0 aliphatic rings. The van der Waals surface area contributed by atoms with Gasteiger partial charge in [-0.2, -0.15) is 5.10 Å². The van der Waals surface area contributed by atoms with E-state index in [0.29, 0.717) is 0 Å². The number of aromatic nitrogens is 2. The van der Waals surface area contributed by atoms with E-state index in [-0.39, 0.29) is 6.04 Å². The van der Waals surface area contributed by atoms with Crippen LogP contribution in [0.5, 0.6) is 0 Å². The molecule has 1 aromatic carbocycles. The Hall–Kier alpha value is -1.61. The molecule has 0 spiro atoms. The monoisotopic (exact) mass is 229 g/mol. The number of nitrogens with zero attached hydrogens (tertiary/aromatic N) is 1. The van der Waals surface area contributed by atoms with Crippen LogP contribution in [0.25, 0.3) is 11.3 Å². The molecule has 0 radical (unpaired) electrons. The molecule has 3 nitrogen and oxygen atoms in total. The van der Waals surface area contributed by atoms with Crippen molar-refractivity contribution in [2.75, 3.05) is 0 Å². The minimum atomic E-state index is 0.210. The molecule has 1 atom stereocenters. The molecule has 0 fully saturated rings. The lowest BCUT2D eigenvalue weighted by molar-refractivity contribution is 0.635. The summed E-state index contributed by atoms with van der Waals surface area (Å²) in [6, 6.07) is 10.7. The fourth-order valence-corrected chi connectivity index (χ4v) is 1.77. The summed E-state index contributed by atoms with van der Waals surface area (Å²) in [5, 5.41) is 7.38. The SMILES string of the molecule is CCC(N)Cc1cc(-c2ccc(C)cc2)n[nH]1. The Morgan fingerprint density at radius 1 is 1.29 bits per heavy atom. The van der Waals surface area contributed by atoms with Gasteiger partial charge in [0.15, 0.2) is 0 Å². The Morgan fingerprint density at radius 3 is 2.65 bits per heavy atom. The Kier molecular flexibility index (Phi) is 3.59. The summed E-state index contributed by atoms with van der Waals surface area (Å²) in [7, 11) is 0. The van der Waals surface area contributed by atoms with Crippen LogP contribution in [0.1, 0.15) is 24.6 Å². The second-order valence-corrected chi connectivity index (χ2v) is 4.52. The zero-order valence-corrected chi connectivity index (χ0v) is 10.4. The van der Waals surface area contributed by atoms with Crippen molar-refractivity contribution in [2.24, 2.45) is 5.73 Å². The number of hydrogen-bond donors (Lipinski definition) is 2. The minimum Gasteiger partial charge on any atom is -0.327 e. The molecule has 17 heavy (non-hydrogen) atoms. The second-order valence-electron chi connectivity index (χ2n) is 4.52. The number of hydrogen-bond acceptors (Lipinski definition) is 2. The summed E-state index contributed by atoms with van der Waals surface area (Å²) in [4.78, 5) is 0. The Bertz CT molecular complexity index is 470. The van der Waals surface area contributed by atoms with Gasteiger partial charge in [-0.1, -0.05) is 36.8 Å². The van der Waals surface area contributed by atoms with Gasteiger partial charge in [0.05, 0.1) is 5.69 Å². The normalized spacial score (nSPS) is 12.6. The third-order valence-electron chi connectivity index (χ3n) is 2.98. The summed E-state index contributed by atoms with van der Waals surface area (Å²) >= 11 is 0. The number of aromatic amines is 1. The highest BCUT2D eigenvalue weighted by Gasteiger charge is 2.06. The van der Waals surface area contributed by atoms with Crippen LogP contribution in [0.2, 0.25) is 0 Å². The van der Waals surface area contributed by atoms with Gasteiger partial charge in [-0.3, -0.25) is 5.10 Å². The van der Waals surface area contributed by atoms with Crippen LogP contribution < -0.4 is 5.73 Å². The van der Waals surface area contributed by atoms with E-state index in [0.717, 1.165) is 29.8 Å². The maximum absolute atomic E-state index is 5.93. The average Bonchev–Trinajstić information content (AvgIpc) is 2.78. The first-order valence-corrected chi connectivity index (χ1v) is 6.06. The Balaban J connectivity index is 2.15. The first-order chi connectivity index (χ1) is 8.19. The molecule has 3 heteroatoms. The van der Waals surface area contributed by atoms with Crippen LogP contribution in [0.4, 0.5) is 0 Å². The zero-order valence-electron chi connectivity index (χ0n) is 10.4. The van der Waals surface area contributed by atoms with Crippen LogP contribution in [0, 0.1) is 6.92 Å². The third kappa shape index (κ3) is 2.94. The summed E-state index contributed by atoms with van der Waals surface area (Å²) in [6.45, 7) is 4.18. The van der Waals surface area contributed by atoms with E-state index in [1.165, 1.54) is 5.56 Å². The van der Waals surface area contributed by atoms with Gasteiger partial charge in [0.1, 0.15) is 0 Å². The summed E-state index contributed by atoms with van der Waals surface area (Å²) in [5.41, 5.74) is 10.4. The van der Waals surface area contributed by atoms with E-state index < -0.39 is 0 Å². The van der Waals surface area contributed by atoms with Gasteiger partial charge in [-0.05, 0) is 19.4 Å². The molecule has 0 amide bonds. The Morgan fingerprint density at radius 2 is 2.00 bits per heavy atom. The smallest absolute Gasteiger partial charge is 0.0923 e. The molecule has 90 valence electrons. The predicted molar refractivity (Wildman–Crippen MR) is 70.7 cm³/mol. The van der Waals surface area contributed by atoms with Crippen molar-refractivity contribution in [3.8, 4) is 11.3 Å². The molecule has 0 bridgehead atoms. The molecule has 2 aromatic rings.